The van der Waals surface area contributed by atoms with Gasteiger partial charge in [-0.1, -0.05) is 54.1 Å². The molecule has 7 heteroatoms. The van der Waals surface area contributed by atoms with Crippen LogP contribution in [-0.2, 0) is 16.0 Å². The second-order valence-electron chi connectivity index (χ2n) is 6.22. The second-order valence-corrected chi connectivity index (χ2v) is 6.62. The summed E-state index contributed by atoms with van der Waals surface area (Å²) in [5.74, 6) is -2.30. The van der Waals surface area contributed by atoms with Crippen LogP contribution in [0.5, 0.6) is 0 Å². The highest BCUT2D eigenvalue weighted by molar-refractivity contribution is 6.31. The molecule has 2 aromatic carbocycles. The van der Waals surface area contributed by atoms with Crippen LogP contribution in [0.4, 0.5) is 0 Å². The van der Waals surface area contributed by atoms with E-state index in [1.54, 1.807) is 48.5 Å². The lowest BCUT2D eigenvalue weighted by atomic mass is 9.69. The van der Waals surface area contributed by atoms with Crippen molar-refractivity contribution in [3.63, 3.8) is 0 Å². The van der Waals surface area contributed by atoms with Gasteiger partial charge in [0.15, 0.2) is 5.78 Å². The first-order chi connectivity index (χ1) is 12.4. The van der Waals surface area contributed by atoms with Gasteiger partial charge in [0, 0.05) is 15.5 Å². The molecule has 1 aliphatic carbocycles. The van der Waals surface area contributed by atoms with Gasteiger partial charge in [0.1, 0.15) is 5.41 Å². The molecule has 0 saturated carbocycles. The van der Waals surface area contributed by atoms with E-state index in [1.807, 2.05) is 0 Å². The van der Waals surface area contributed by atoms with E-state index in [-0.39, 0.29) is 11.4 Å². The van der Waals surface area contributed by atoms with E-state index in [9.17, 15) is 19.7 Å². The molecule has 3 rings (SSSR count). The van der Waals surface area contributed by atoms with Crippen LogP contribution in [0, 0.1) is 15.5 Å². The summed E-state index contributed by atoms with van der Waals surface area (Å²) < 4.78 is 4.94. The molecule has 134 valence electrons. The topological polar surface area (TPSA) is 86.5 Å². The minimum Gasteiger partial charge on any atom is -0.468 e. The van der Waals surface area contributed by atoms with Crippen molar-refractivity contribution < 1.29 is 19.2 Å². The summed E-state index contributed by atoms with van der Waals surface area (Å²) in [6.45, 7) is -0.613. The number of nitrogens with zero attached hydrogens (tertiary/aromatic N) is 1. The lowest BCUT2D eigenvalue weighted by Crippen LogP contribution is -2.46. The Labute approximate surface area is 154 Å². The highest BCUT2D eigenvalue weighted by Crippen LogP contribution is 2.49. The van der Waals surface area contributed by atoms with Crippen LogP contribution in [0.15, 0.2) is 48.5 Å². The summed E-state index contributed by atoms with van der Waals surface area (Å²) in [6.07, 6.45) is 0.0401. The molecule has 6 nitrogen and oxygen atoms in total. The number of ketones is 1. The fourth-order valence-corrected chi connectivity index (χ4v) is 3.98. The fraction of sp³-hybridized carbons (Fsp3) is 0.263. The van der Waals surface area contributed by atoms with Gasteiger partial charge < -0.3 is 4.74 Å². The van der Waals surface area contributed by atoms with Crippen molar-refractivity contribution >= 4 is 23.4 Å². The average Bonchev–Trinajstić information content (AvgIpc) is 2.93. The smallest absolute Gasteiger partial charge is 0.320 e. The summed E-state index contributed by atoms with van der Waals surface area (Å²) >= 11 is 6.26. The molecule has 26 heavy (non-hydrogen) atoms. The molecular weight excluding hydrogens is 358 g/mol. The third kappa shape index (κ3) is 2.76. The number of fused-ring (bicyclic) bond motifs is 1. The maximum absolute atomic E-state index is 13.3. The van der Waals surface area contributed by atoms with E-state index < -0.39 is 34.6 Å². The van der Waals surface area contributed by atoms with Crippen molar-refractivity contribution in [2.75, 3.05) is 13.7 Å². The summed E-state index contributed by atoms with van der Waals surface area (Å²) in [4.78, 5) is 36.9. The van der Waals surface area contributed by atoms with Gasteiger partial charge >= 0.3 is 5.97 Å². The Morgan fingerprint density at radius 3 is 2.54 bits per heavy atom. The van der Waals surface area contributed by atoms with E-state index in [0.717, 1.165) is 0 Å². The van der Waals surface area contributed by atoms with E-state index >= 15 is 0 Å². The Hall–Kier alpha value is -2.73. The predicted octanol–water partition coefficient (Wildman–Crippen LogP) is 3.30. The van der Waals surface area contributed by atoms with E-state index in [1.165, 1.54) is 7.11 Å². The number of carbonyl (C=O) groups is 2. The number of rotatable bonds is 5. The van der Waals surface area contributed by atoms with Crippen molar-refractivity contribution in [3.8, 4) is 0 Å². The van der Waals surface area contributed by atoms with Gasteiger partial charge in [0.05, 0.1) is 13.0 Å². The van der Waals surface area contributed by atoms with Gasteiger partial charge in [-0.15, -0.1) is 0 Å². The number of benzene rings is 2. The molecule has 0 aromatic heterocycles. The number of halogens is 1. The number of hydrogen-bond donors (Lipinski definition) is 0. The van der Waals surface area contributed by atoms with E-state index in [2.05, 4.69) is 0 Å². The molecule has 0 radical (unpaired) electrons. The second kappa shape index (κ2) is 6.88. The monoisotopic (exact) mass is 373 g/mol. The Kier molecular flexibility index (Phi) is 4.78. The minimum absolute atomic E-state index is 0.0401. The third-order valence-electron chi connectivity index (χ3n) is 4.89. The van der Waals surface area contributed by atoms with Crippen molar-refractivity contribution in [1.29, 1.82) is 0 Å². The van der Waals surface area contributed by atoms with Crippen LogP contribution in [-0.4, -0.2) is 30.3 Å². The lowest BCUT2D eigenvalue weighted by molar-refractivity contribution is -0.485. The molecule has 0 amide bonds. The number of carbonyl (C=O) groups excluding carboxylic acids is 2. The molecule has 0 heterocycles. The molecule has 2 aromatic rings. The summed E-state index contributed by atoms with van der Waals surface area (Å²) in [7, 11) is 1.18. The summed E-state index contributed by atoms with van der Waals surface area (Å²) in [5, 5.41) is 11.7. The average molecular weight is 374 g/mol. The minimum atomic E-state index is -1.71. The zero-order valence-electron chi connectivity index (χ0n) is 14.0. The normalized spacial score (nSPS) is 19.7. The van der Waals surface area contributed by atoms with Gasteiger partial charge in [-0.3, -0.25) is 19.7 Å². The first-order valence-corrected chi connectivity index (χ1v) is 8.37. The first-order valence-electron chi connectivity index (χ1n) is 7.99. The highest BCUT2D eigenvalue weighted by Gasteiger charge is 2.59. The quantitative estimate of drug-likeness (QED) is 0.347. The number of hydrogen-bond acceptors (Lipinski definition) is 5. The Balaban J connectivity index is 2.23. The van der Waals surface area contributed by atoms with Crippen LogP contribution in [0.3, 0.4) is 0 Å². The van der Waals surface area contributed by atoms with Crippen LogP contribution in [0.2, 0.25) is 5.02 Å². The molecule has 2 atom stereocenters. The highest BCUT2D eigenvalue weighted by atomic mass is 35.5. The zero-order valence-corrected chi connectivity index (χ0v) is 14.7. The zero-order chi connectivity index (χ0) is 18.9. The Morgan fingerprint density at radius 2 is 1.92 bits per heavy atom. The van der Waals surface area contributed by atoms with Crippen LogP contribution >= 0.6 is 11.6 Å². The maximum atomic E-state index is 13.3. The fourth-order valence-electron chi connectivity index (χ4n) is 3.71. The number of nitro groups is 1. The number of methoxy groups -OCH3 is 1. The SMILES string of the molecule is COC(=O)[C@@]1([C@H](C[N+](=O)[O-])c2ccccc2Cl)Cc2ccccc2C1=O. The number of esters is 1. The number of Topliss-reactive ketones (excluding diaryl/α,β-unsaturated/α-hetero) is 1. The predicted molar refractivity (Wildman–Crippen MR) is 95.0 cm³/mol. The molecule has 0 saturated heterocycles. The van der Waals surface area contributed by atoms with E-state index in [0.29, 0.717) is 16.7 Å². The Morgan fingerprint density at radius 1 is 1.27 bits per heavy atom. The third-order valence-corrected chi connectivity index (χ3v) is 5.24. The first kappa shape index (κ1) is 18.1. The largest absolute Gasteiger partial charge is 0.468 e. The maximum Gasteiger partial charge on any atom is 0.320 e. The molecule has 0 N–H and O–H groups in total. The van der Waals surface area contributed by atoms with Gasteiger partial charge in [-0.2, -0.15) is 0 Å². The molecule has 0 fully saturated rings. The van der Waals surface area contributed by atoms with Gasteiger partial charge in [-0.05, 0) is 23.6 Å². The van der Waals surface area contributed by atoms with Crippen molar-refractivity contribution in [3.05, 3.63) is 80.4 Å². The Bertz CT molecular complexity index is 897. The van der Waals surface area contributed by atoms with Gasteiger partial charge in [-0.25, -0.2) is 0 Å². The summed E-state index contributed by atoms with van der Waals surface area (Å²) in [6, 6.07) is 13.4. The van der Waals surface area contributed by atoms with Crippen molar-refractivity contribution in [2.45, 2.75) is 12.3 Å². The van der Waals surface area contributed by atoms with E-state index in [4.69, 9.17) is 16.3 Å². The van der Waals surface area contributed by atoms with Gasteiger partial charge in [0.2, 0.25) is 6.54 Å². The van der Waals surface area contributed by atoms with Gasteiger partial charge in [0.25, 0.3) is 0 Å². The molecule has 0 bridgehead atoms. The molecule has 0 aliphatic heterocycles. The van der Waals surface area contributed by atoms with Crippen molar-refractivity contribution in [2.24, 2.45) is 5.41 Å². The molecular formula is C19H16ClNO5. The summed E-state index contributed by atoms with van der Waals surface area (Å²) in [5.41, 5.74) is -0.268. The number of ether oxygens (including phenoxy) is 1. The van der Waals surface area contributed by atoms with Crippen LogP contribution in [0.1, 0.15) is 27.4 Å². The van der Waals surface area contributed by atoms with Crippen LogP contribution < -0.4 is 0 Å². The molecule has 0 unspecified atom stereocenters. The standard InChI is InChI=1S/C19H16ClNO5/c1-26-18(23)19(10-12-6-2-3-7-13(12)17(19)22)15(11-21(24)25)14-8-4-5-9-16(14)20/h2-9,15H,10-11H2,1H3/t15-,19-/m1/s1. The van der Waals surface area contributed by atoms with Crippen LogP contribution in [0.25, 0.3) is 0 Å². The lowest BCUT2D eigenvalue weighted by Gasteiger charge is -2.31. The van der Waals surface area contributed by atoms with Crippen molar-refractivity contribution in [1.82, 2.24) is 0 Å². The molecule has 0 spiro atoms. The molecule has 1 aliphatic rings.